The molecule has 29 heavy (non-hydrogen) atoms. The molecule has 0 bridgehead atoms. The van der Waals surface area contributed by atoms with Crippen molar-refractivity contribution in [1.29, 1.82) is 0 Å². The number of nitrogens with zero attached hydrogens (tertiary/aromatic N) is 1. The van der Waals surface area contributed by atoms with E-state index in [2.05, 4.69) is 21.2 Å². The molecule has 0 spiro atoms. The van der Waals surface area contributed by atoms with Crippen molar-refractivity contribution in [3.8, 4) is 11.5 Å². The summed E-state index contributed by atoms with van der Waals surface area (Å²) in [5, 5.41) is 2.80. The SMILES string of the molecule is CCCOc1ccc(CNC(=O)c2ccc(Br)c(S(=O)(=O)N(C)C)c2)cc1OC. The van der Waals surface area contributed by atoms with E-state index in [1.54, 1.807) is 31.4 Å². The fourth-order valence-corrected chi connectivity index (χ4v) is 4.32. The van der Waals surface area contributed by atoms with Gasteiger partial charge in [-0.2, -0.15) is 0 Å². The van der Waals surface area contributed by atoms with Gasteiger partial charge in [0.05, 0.1) is 18.6 Å². The van der Waals surface area contributed by atoms with E-state index in [0.717, 1.165) is 16.3 Å². The van der Waals surface area contributed by atoms with E-state index in [1.165, 1.54) is 20.2 Å². The molecule has 1 amide bonds. The Morgan fingerprint density at radius 2 is 1.86 bits per heavy atom. The number of ether oxygens (including phenoxy) is 2. The standard InChI is InChI=1S/C20H25BrN2O5S/c1-5-10-28-17-9-6-14(11-18(17)27-4)13-22-20(24)15-7-8-16(21)19(12-15)29(25,26)23(2)3/h6-9,11-12H,5,10,13H2,1-4H3,(H,22,24). The van der Waals surface area contributed by atoms with Crippen molar-refractivity contribution in [1.82, 2.24) is 9.62 Å². The third-order valence-corrected chi connectivity index (χ3v) is 6.90. The highest BCUT2D eigenvalue weighted by Crippen LogP contribution is 2.28. The van der Waals surface area contributed by atoms with E-state index < -0.39 is 10.0 Å². The first-order chi connectivity index (χ1) is 13.7. The van der Waals surface area contributed by atoms with Crippen LogP contribution in [0.4, 0.5) is 0 Å². The van der Waals surface area contributed by atoms with Gasteiger partial charge in [-0.25, -0.2) is 12.7 Å². The largest absolute Gasteiger partial charge is 0.493 e. The van der Waals surface area contributed by atoms with E-state index >= 15 is 0 Å². The second-order valence-electron chi connectivity index (χ2n) is 6.45. The number of methoxy groups -OCH3 is 1. The van der Waals surface area contributed by atoms with Gasteiger partial charge in [0, 0.05) is 30.7 Å². The Bertz CT molecular complexity index is 977. The van der Waals surface area contributed by atoms with Gasteiger partial charge in [0.1, 0.15) is 0 Å². The van der Waals surface area contributed by atoms with E-state index in [-0.39, 0.29) is 22.9 Å². The average Bonchev–Trinajstić information content (AvgIpc) is 2.70. The van der Waals surface area contributed by atoms with Gasteiger partial charge in [-0.05, 0) is 58.2 Å². The van der Waals surface area contributed by atoms with Crippen LogP contribution < -0.4 is 14.8 Å². The fraction of sp³-hybridized carbons (Fsp3) is 0.350. The number of nitrogens with one attached hydrogen (secondary N) is 1. The minimum absolute atomic E-state index is 0.0363. The zero-order chi connectivity index (χ0) is 21.6. The van der Waals surface area contributed by atoms with Gasteiger partial charge in [-0.1, -0.05) is 13.0 Å². The molecule has 0 aliphatic rings. The molecule has 2 rings (SSSR count). The van der Waals surface area contributed by atoms with Crippen LogP contribution in [-0.4, -0.2) is 46.4 Å². The summed E-state index contributed by atoms with van der Waals surface area (Å²) in [6.07, 6.45) is 0.889. The number of amides is 1. The molecular formula is C20H25BrN2O5S. The van der Waals surface area contributed by atoms with E-state index in [4.69, 9.17) is 9.47 Å². The maximum absolute atomic E-state index is 12.6. The third-order valence-electron chi connectivity index (χ3n) is 4.09. The molecule has 1 N–H and O–H groups in total. The number of carbonyl (C=O) groups is 1. The van der Waals surface area contributed by atoms with Crippen molar-refractivity contribution in [3.05, 3.63) is 52.0 Å². The third kappa shape index (κ3) is 5.71. The summed E-state index contributed by atoms with van der Waals surface area (Å²) in [6.45, 7) is 2.87. The van der Waals surface area contributed by atoms with Gasteiger partial charge in [-0.3, -0.25) is 4.79 Å². The molecular weight excluding hydrogens is 460 g/mol. The van der Waals surface area contributed by atoms with Crippen LogP contribution in [0.3, 0.4) is 0 Å². The smallest absolute Gasteiger partial charge is 0.251 e. The van der Waals surface area contributed by atoms with Crippen molar-refractivity contribution in [3.63, 3.8) is 0 Å². The number of benzene rings is 2. The van der Waals surface area contributed by atoms with Crippen LogP contribution in [0.25, 0.3) is 0 Å². The first kappa shape index (κ1) is 23.2. The molecule has 0 aliphatic carbocycles. The lowest BCUT2D eigenvalue weighted by atomic mass is 10.1. The minimum Gasteiger partial charge on any atom is -0.493 e. The lowest BCUT2D eigenvalue weighted by Gasteiger charge is -2.14. The van der Waals surface area contributed by atoms with E-state index in [0.29, 0.717) is 22.6 Å². The molecule has 2 aromatic rings. The number of rotatable bonds is 9. The molecule has 0 aromatic heterocycles. The predicted octanol–water partition coefficient (Wildman–Crippen LogP) is 3.43. The van der Waals surface area contributed by atoms with Gasteiger partial charge in [0.25, 0.3) is 5.91 Å². The summed E-state index contributed by atoms with van der Waals surface area (Å²) >= 11 is 3.24. The lowest BCUT2D eigenvalue weighted by molar-refractivity contribution is 0.0950. The Morgan fingerprint density at radius 1 is 1.14 bits per heavy atom. The molecule has 9 heteroatoms. The fourth-order valence-electron chi connectivity index (χ4n) is 2.48. The molecule has 0 heterocycles. The summed E-state index contributed by atoms with van der Waals surface area (Å²) in [7, 11) is 0.765. The van der Waals surface area contributed by atoms with Gasteiger partial charge < -0.3 is 14.8 Å². The first-order valence-electron chi connectivity index (χ1n) is 9.00. The van der Waals surface area contributed by atoms with Crippen LogP contribution in [0.1, 0.15) is 29.3 Å². The van der Waals surface area contributed by atoms with Gasteiger partial charge in [0.15, 0.2) is 11.5 Å². The van der Waals surface area contributed by atoms with Crippen molar-refractivity contribution in [2.24, 2.45) is 0 Å². The maximum atomic E-state index is 12.6. The average molecular weight is 485 g/mol. The quantitative estimate of drug-likeness (QED) is 0.589. The molecule has 0 saturated carbocycles. The maximum Gasteiger partial charge on any atom is 0.251 e. The number of sulfonamides is 1. The Balaban J connectivity index is 2.15. The van der Waals surface area contributed by atoms with Crippen LogP contribution in [0.15, 0.2) is 45.8 Å². The first-order valence-corrected chi connectivity index (χ1v) is 11.2. The highest BCUT2D eigenvalue weighted by atomic mass is 79.9. The Kier molecular flexibility index (Phi) is 8.06. The predicted molar refractivity (Wildman–Crippen MR) is 115 cm³/mol. The van der Waals surface area contributed by atoms with Crippen LogP contribution >= 0.6 is 15.9 Å². The van der Waals surface area contributed by atoms with Gasteiger partial charge >= 0.3 is 0 Å². The molecule has 2 aromatic carbocycles. The zero-order valence-electron chi connectivity index (χ0n) is 16.9. The van der Waals surface area contributed by atoms with Crippen molar-refractivity contribution < 1.29 is 22.7 Å². The summed E-state index contributed by atoms with van der Waals surface area (Å²) in [5.41, 5.74) is 1.08. The lowest BCUT2D eigenvalue weighted by Crippen LogP contribution is -2.25. The van der Waals surface area contributed by atoms with Crippen molar-refractivity contribution in [2.45, 2.75) is 24.8 Å². The molecule has 0 saturated heterocycles. The summed E-state index contributed by atoms with van der Waals surface area (Å²) in [5.74, 6) is 0.863. The highest BCUT2D eigenvalue weighted by molar-refractivity contribution is 9.10. The molecule has 7 nitrogen and oxygen atoms in total. The number of halogens is 1. The van der Waals surface area contributed by atoms with Crippen LogP contribution in [0.2, 0.25) is 0 Å². The van der Waals surface area contributed by atoms with Crippen molar-refractivity contribution >= 4 is 31.9 Å². The Hall–Kier alpha value is -2.10. The second-order valence-corrected chi connectivity index (χ2v) is 9.42. The summed E-state index contributed by atoms with van der Waals surface area (Å²) in [4.78, 5) is 12.6. The topological polar surface area (TPSA) is 84.9 Å². The summed E-state index contributed by atoms with van der Waals surface area (Å²) in [6, 6.07) is 9.92. The number of carbonyl (C=O) groups excluding carboxylic acids is 1. The molecule has 0 atom stereocenters. The Morgan fingerprint density at radius 3 is 2.48 bits per heavy atom. The second kappa shape index (κ2) is 10.1. The number of hydrogen-bond acceptors (Lipinski definition) is 5. The molecule has 0 fully saturated rings. The monoisotopic (exact) mass is 484 g/mol. The van der Waals surface area contributed by atoms with Crippen molar-refractivity contribution in [2.75, 3.05) is 27.8 Å². The molecule has 0 unspecified atom stereocenters. The summed E-state index contributed by atoms with van der Waals surface area (Å²) < 4.78 is 37.3. The molecule has 0 aliphatic heterocycles. The highest BCUT2D eigenvalue weighted by Gasteiger charge is 2.22. The Labute approximate surface area is 180 Å². The normalized spacial score (nSPS) is 11.4. The van der Waals surface area contributed by atoms with Gasteiger partial charge in [0.2, 0.25) is 10.0 Å². The van der Waals surface area contributed by atoms with Gasteiger partial charge in [-0.15, -0.1) is 0 Å². The molecule has 158 valence electrons. The minimum atomic E-state index is -3.68. The zero-order valence-corrected chi connectivity index (χ0v) is 19.3. The molecule has 0 radical (unpaired) electrons. The van der Waals surface area contributed by atoms with Crippen LogP contribution in [0.5, 0.6) is 11.5 Å². The number of hydrogen-bond donors (Lipinski definition) is 1. The van der Waals surface area contributed by atoms with Crippen LogP contribution in [-0.2, 0) is 16.6 Å². The van der Waals surface area contributed by atoms with E-state index in [9.17, 15) is 13.2 Å². The van der Waals surface area contributed by atoms with Crippen LogP contribution in [0, 0.1) is 0 Å². The van der Waals surface area contributed by atoms with E-state index in [1.807, 2.05) is 13.0 Å².